The normalized spacial score (nSPS) is 11.3. The first-order valence-corrected chi connectivity index (χ1v) is 12.1. The van der Waals surface area contributed by atoms with E-state index in [1.54, 1.807) is 48.8 Å². The van der Waals surface area contributed by atoms with Crippen LogP contribution in [0, 0.1) is 0 Å². The van der Waals surface area contributed by atoms with Crippen molar-refractivity contribution in [3.63, 3.8) is 0 Å². The van der Waals surface area contributed by atoms with Gasteiger partial charge in [0.15, 0.2) is 0 Å². The van der Waals surface area contributed by atoms with Crippen molar-refractivity contribution in [3.05, 3.63) is 120 Å². The van der Waals surface area contributed by atoms with Gasteiger partial charge in [-0.3, -0.25) is 14.6 Å². The molecule has 0 saturated heterocycles. The maximum Gasteiger partial charge on any atom is 0.336 e. The van der Waals surface area contributed by atoms with E-state index in [0.717, 1.165) is 17.7 Å². The molecule has 0 aliphatic heterocycles. The smallest absolute Gasteiger partial charge is 0.336 e. The molecule has 4 N–H and O–H groups in total. The molecule has 0 aliphatic carbocycles. The number of nitrogens with one attached hydrogen (secondary N) is 2. The number of carboxylic acids is 2. The van der Waals surface area contributed by atoms with Crippen molar-refractivity contribution in [3.8, 4) is 0 Å². The van der Waals surface area contributed by atoms with E-state index >= 15 is 0 Å². The van der Waals surface area contributed by atoms with Gasteiger partial charge in [-0.15, -0.1) is 11.8 Å². The number of hydrogen-bond acceptors (Lipinski definition) is 6. The highest BCUT2D eigenvalue weighted by Crippen LogP contribution is 2.37. The third kappa shape index (κ3) is 6.42. The van der Waals surface area contributed by atoms with E-state index in [1.165, 1.54) is 17.8 Å². The second-order valence-electron chi connectivity index (χ2n) is 7.99. The molecular weight excluding hydrogens is 506 g/mol. The molecule has 1 atom stereocenters. The summed E-state index contributed by atoms with van der Waals surface area (Å²) in [7, 11) is 0. The molecule has 10 heteroatoms. The summed E-state index contributed by atoms with van der Waals surface area (Å²) in [6.07, 6.45) is 3.16. The number of nitrogens with zero attached hydrogens (tertiary/aromatic N) is 1. The summed E-state index contributed by atoms with van der Waals surface area (Å²) >= 11 is 1.28. The van der Waals surface area contributed by atoms with Crippen molar-refractivity contribution in [1.82, 2.24) is 4.98 Å². The Morgan fingerprint density at radius 3 is 2.13 bits per heavy atom. The van der Waals surface area contributed by atoms with Gasteiger partial charge in [0.2, 0.25) is 5.91 Å². The molecule has 4 rings (SSSR count). The average Bonchev–Trinajstić information content (AvgIpc) is 2.92. The number of hydrogen-bond donors (Lipinski definition) is 4. The van der Waals surface area contributed by atoms with Crippen molar-refractivity contribution in [2.75, 3.05) is 10.6 Å². The van der Waals surface area contributed by atoms with Gasteiger partial charge in [0, 0.05) is 28.7 Å². The Labute approximate surface area is 221 Å². The topological polar surface area (TPSA) is 146 Å². The Morgan fingerprint density at radius 1 is 0.711 bits per heavy atom. The summed E-state index contributed by atoms with van der Waals surface area (Å²) < 4.78 is 0. The van der Waals surface area contributed by atoms with Gasteiger partial charge in [0.1, 0.15) is 5.25 Å². The van der Waals surface area contributed by atoms with Crippen LogP contribution in [0.4, 0.5) is 11.4 Å². The molecular formula is C28H21N3O6S. The Hall–Kier alpha value is -4.96. The quantitative estimate of drug-likeness (QED) is 0.217. The number of anilines is 2. The fraction of sp³-hybridized carbons (Fsp3) is 0.0357. The van der Waals surface area contributed by atoms with Gasteiger partial charge in [0.05, 0.1) is 16.7 Å². The summed E-state index contributed by atoms with van der Waals surface area (Å²) in [5, 5.41) is 23.5. The molecule has 190 valence electrons. The number of carbonyl (C=O) groups excluding carboxylic acids is 2. The fourth-order valence-corrected chi connectivity index (χ4v) is 4.66. The number of amides is 2. The first kappa shape index (κ1) is 26.1. The first-order valence-electron chi connectivity index (χ1n) is 11.3. The number of rotatable bonds is 9. The molecule has 38 heavy (non-hydrogen) atoms. The molecule has 1 aromatic heterocycles. The molecule has 2 amide bonds. The zero-order valence-corrected chi connectivity index (χ0v) is 20.5. The van der Waals surface area contributed by atoms with Crippen LogP contribution in [0.2, 0.25) is 0 Å². The van der Waals surface area contributed by atoms with Gasteiger partial charge in [-0.1, -0.05) is 36.4 Å². The minimum absolute atomic E-state index is 0.181. The van der Waals surface area contributed by atoms with E-state index in [4.69, 9.17) is 5.11 Å². The van der Waals surface area contributed by atoms with Crippen LogP contribution in [-0.4, -0.2) is 39.0 Å². The second-order valence-corrected chi connectivity index (χ2v) is 9.16. The molecule has 1 heterocycles. The van der Waals surface area contributed by atoms with Crippen LogP contribution in [0.15, 0.2) is 102 Å². The van der Waals surface area contributed by atoms with E-state index < -0.39 is 28.7 Å². The van der Waals surface area contributed by atoms with Gasteiger partial charge in [-0.2, -0.15) is 0 Å². The maximum atomic E-state index is 13.2. The van der Waals surface area contributed by atoms with Crippen LogP contribution < -0.4 is 10.6 Å². The molecule has 0 bridgehead atoms. The number of pyridine rings is 1. The van der Waals surface area contributed by atoms with Crippen molar-refractivity contribution in [2.24, 2.45) is 0 Å². The van der Waals surface area contributed by atoms with E-state index in [2.05, 4.69) is 15.6 Å². The Morgan fingerprint density at radius 2 is 1.45 bits per heavy atom. The summed E-state index contributed by atoms with van der Waals surface area (Å²) in [6.45, 7) is 0. The summed E-state index contributed by atoms with van der Waals surface area (Å²) in [5.74, 6) is -3.68. The highest BCUT2D eigenvalue weighted by atomic mass is 32.2. The highest BCUT2D eigenvalue weighted by Gasteiger charge is 2.23. The van der Waals surface area contributed by atoms with Crippen molar-refractivity contribution >= 4 is 46.9 Å². The molecule has 0 fully saturated rings. The predicted octanol–water partition coefficient (Wildman–Crippen LogP) is 5.20. The van der Waals surface area contributed by atoms with Gasteiger partial charge >= 0.3 is 11.9 Å². The van der Waals surface area contributed by atoms with E-state index in [9.17, 15) is 24.3 Å². The lowest BCUT2D eigenvalue weighted by Crippen LogP contribution is -2.19. The Balaban J connectivity index is 1.56. The summed E-state index contributed by atoms with van der Waals surface area (Å²) in [6, 6.07) is 22.7. The number of aromatic nitrogens is 1. The highest BCUT2D eigenvalue weighted by molar-refractivity contribution is 8.00. The Kier molecular flexibility index (Phi) is 8.14. The van der Waals surface area contributed by atoms with Crippen LogP contribution in [0.1, 0.15) is 41.9 Å². The van der Waals surface area contributed by atoms with Gasteiger partial charge in [-0.05, 0) is 54.1 Å². The predicted molar refractivity (Wildman–Crippen MR) is 143 cm³/mol. The fourth-order valence-electron chi connectivity index (χ4n) is 3.58. The second kappa shape index (κ2) is 11.8. The van der Waals surface area contributed by atoms with E-state index in [0.29, 0.717) is 16.3 Å². The summed E-state index contributed by atoms with van der Waals surface area (Å²) in [4.78, 5) is 53.6. The molecule has 0 aliphatic rings. The van der Waals surface area contributed by atoms with Crippen LogP contribution in [0.25, 0.3) is 0 Å². The van der Waals surface area contributed by atoms with Crippen LogP contribution in [0.5, 0.6) is 0 Å². The molecule has 9 nitrogen and oxygen atoms in total. The van der Waals surface area contributed by atoms with Crippen molar-refractivity contribution in [2.45, 2.75) is 10.1 Å². The third-order valence-corrected chi connectivity index (χ3v) is 6.62. The lowest BCUT2D eigenvalue weighted by Gasteiger charge is -2.18. The molecule has 3 aromatic carbocycles. The van der Waals surface area contributed by atoms with E-state index in [1.807, 2.05) is 30.3 Å². The molecule has 1 unspecified atom stereocenters. The molecule has 0 saturated carbocycles. The number of aromatic carboxylic acids is 2. The minimum Gasteiger partial charge on any atom is -0.478 e. The van der Waals surface area contributed by atoms with Crippen LogP contribution >= 0.6 is 11.8 Å². The van der Waals surface area contributed by atoms with Gasteiger partial charge < -0.3 is 20.8 Å². The van der Waals surface area contributed by atoms with Crippen molar-refractivity contribution in [1.29, 1.82) is 0 Å². The third-order valence-electron chi connectivity index (χ3n) is 5.38. The molecule has 0 spiro atoms. The lowest BCUT2D eigenvalue weighted by molar-refractivity contribution is -0.115. The molecule has 4 aromatic rings. The zero-order chi connectivity index (χ0) is 27.1. The number of thioether (sulfide) groups is 1. The van der Waals surface area contributed by atoms with Gasteiger partial charge in [0.25, 0.3) is 5.91 Å². The molecule has 0 radical (unpaired) electrons. The maximum absolute atomic E-state index is 13.2. The number of benzene rings is 3. The number of carbonyl (C=O) groups is 4. The Bertz CT molecular complexity index is 1500. The largest absolute Gasteiger partial charge is 0.478 e. The number of carboxylic acid groups (broad SMARTS) is 2. The van der Waals surface area contributed by atoms with Crippen molar-refractivity contribution < 1.29 is 29.4 Å². The minimum atomic E-state index is -1.42. The lowest BCUT2D eigenvalue weighted by atomic mass is 10.0. The first-order chi connectivity index (χ1) is 18.3. The van der Waals surface area contributed by atoms with Crippen LogP contribution in [-0.2, 0) is 4.79 Å². The monoisotopic (exact) mass is 527 g/mol. The average molecular weight is 528 g/mol. The summed E-state index contributed by atoms with van der Waals surface area (Å²) in [5.41, 5.74) is 0.914. The van der Waals surface area contributed by atoms with Crippen LogP contribution in [0.3, 0.4) is 0 Å². The van der Waals surface area contributed by atoms with Gasteiger partial charge in [-0.25, -0.2) is 9.59 Å². The van der Waals surface area contributed by atoms with E-state index in [-0.39, 0.29) is 17.0 Å². The standard InChI is InChI=1S/C28H21N3O6S/c32-25(22-10-9-18(27(34)35)15-23(22)28(36)37)31-20-7-4-8-21(16-20)38-24(17-5-2-1-3-6-17)26(33)30-19-11-13-29-14-12-19/h1-16,24H,(H,31,32)(H,34,35)(H,36,37)(H,29,30,33). The zero-order valence-electron chi connectivity index (χ0n) is 19.7. The SMILES string of the molecule is O=C(O)c1ccc(C(=O)Nc2cccc(SC(C(=O)Nc3ccncc3)c3ccccc3)c2)c(C(=O)O)c1.